The summed E-state index contributed by atoms with van der Waals surface area (Å²) in [6.07, 6.45) is 0. The number of benzene rings is 2. The first-order valence-corrected chi connectivity index (χ1v) is 8.49. The topological polar surface area (TPSA) is 101 Å². The summed E-state index contributed by atoms with van der Waals surface area (Å²) < 4.78 is 0. The van der Waals surface area contributed by atoms with Crippen molar-refractivity contribution >= 4 is 40.1 Å². The monoisotopic (exact) mass is 356 g/mol. The van der Waals surface area contributed by atoms with Gasteiger partial charge in [-0.25, -0.2) is 4.98 Å². The molecule has 0 saturated heterocycles. The molecule has 0 fully saturated rings. The van der Waals surface area contributed by atoms with Gasteiger partial charge >= 0.3 is 0 Å². The average Bonchev–Trinajstić information content (AvgIpc) is 2.98. The Hall–Kier alpha value is -2.87. The van der Waals surface area contributed by atoms with Crippen molar-refractivity contribution in [1.29, 1.82) is 0 Å². The maximum Gasteiger partial charge on any atom is 0.271 e. The first-order valence-electron chi connectivity index (χ1n) is 7.61. The van der Waals surface area contributed by atoms with Gasteiger partial charge in [0.2, 0.25) is 5.91 Å². The molecular weight excluding hydrogens is 340 g/mol. The van der Waals surface area contributed by atoms with E-state index >= 15 is 0 Å². The Labute approximate surface area is 148 Å². The summed E-state index contributed by atoms with van der Waals surface area (Å²) in [5.41, 5.74) is 2.90. The number of nitrogens with zero attached hydrogens (tertiary/aromatic N) is 2. The van der Waals surface area contributed by atoms with Gasteiger partial charge in [0.1, 0.15) is 0 Å². The number of nitro benzene ring substituents is 1. The molecule has 25 heavy (non-hydrogen) atoms. The molecule has 128 valence electrons. The number of non-ortho nitro benzene ring substituents is 1. The second-order valence-electron chi connectivity index (χ2n) is 5.56. The summed E-state index contributed by atoms with van der Waals surface area (Å²) in [5.74, 6) is -0.242. The minimum atomic E-state index is -0.484. The number of carbonyl (C=O) groups is 1. The van der Waals surface area contributed by atoms with E-state index in [9.17, 15) is 14.9 Å². The van der Waals surface area contributed by atoms with Crippen LogP contribution in [0.2, 0.25) is 0 Å². The normalized spacial score (nSPS) is 12.1. The smallest absolute Gasteiger partial charge is 0.271 e. The van der Waals surface area contributed by atoms with E-state index in [0.29, 0.717) is 10.8 Å². The van der Waals surface area contributed by atoms with E-state index in [1.54, 1.807) is 19.9 Å². The Morgan fingerprint density at radius 3 is 2.80 bits per heavy atom. The highest BCUT2D eigenvalue weighted by Crippen LogP contribution is 2.26. The van der Waals surface area contributed by atoms with Gasteiger partial charge in [-0.05, 0) is 31.5 Å². The third kappa shape index (κ3) is 3.80. The Morgan fingerprint density at radius 2 is 2.08 bits per heavy atom. The summed E-state index contributed by atoms with van der Waals surface area (Å²) in [6.45, 7) is 3.55. The molecule has 0 aliphatic rings. The number of imidazole rings is 1. The third-order valence-electron chi connectivity index (χ3n) is 3.72. The lowest BCUT2D eigenvalue weighted by Gasteiger charge is -2.12. The van der Waals surface area contributed by atoms with Crippen LogP contribution in [0.5, 0.6) is 0 Å². The van der Waals surface area contributed by atoms with Crippen LogP contribution >= 0.6 is 11.8 Å². The lowest BCUT2D eigenvalue weighted by Crippen LogP contribution is -2.23. The Morgan fingerprint density at radius 1 is 1.32 bits per heavy atom. The number of H-pyrrole nitrogens is 1. The highest BCUT2D eigenvalue weighted by molar-refractivity contribution is 8.00. The number of amides is 1. The molecule has 1 atom stereocenters. The predicted molar refractivity (Wildman–Crippen MR) is 97.9 cm³/mol. The zero-order chi connectivity index (χ0) is 18.0. The highest BCUT2D eigenvalue weighted by Gasteiger charge is 2.18. The van der Waals surface area contributed by atoms with Crippen LogP contribution in [-0.4, -0.2) is 26.0 Å². The Balaban J connectivity index is 1.72. The zero-order valence-electron chi connectivity index (χ0n) is 13.6. The van der Waals surface area contributed by atoms with E-state index in [4.69, 9.17) is 0 Å². The first kappa shape index (κ1) is 17.0. The van der Waals surface area contributed by atoms with Gasteiger partial charge in [-0.2, -0.15) is 0 Å². The quantitative estimate of drug-likeness (QED) is 0.410. The molecule has 0 spiro atoms. The average molecular weight is 356 g/mol. The van der Waals surface area contributed by atoms with Crippen LogP contribution in [0.4, 0.5) is 11.4 Å². The molecule has 0 bridgehead atoms. The number of nitro groups is 1. The SMILES string of the molecule is Cc1ccc([N+](=O)[O-])cc1NC(=O)C(C)Sc1nc2ccccc2[nH]1. The molecule has 0 aliphatic heterocycles. The summed E-state index contributed by atoms with van der Waals surface area (Å²) in [5, 5.41) is 13.9. The second kappa shape index (κ2) is 6.94. The molecule has 1 unspecified atom stereocenters. The molecular formula is C17H16N4O3S. The molecule has 3 rings (SSSR count). The Bertz CT molecular complexity index is 921. The maximum absolute atomic E-state index is 12.4. The van der Waals surface area contributed by atoms with E-state index in [0.717, 1.165) is 16.6 Å². The van der Waals surface area contributed by atoms with Crippen LogP contribution in [0.25, 0.3) is 11.0 Å². The summed E-state index contributed by atoms with van der Waals surface area (Å²) in [4.78, 5) is 30.4. The van der Waals surface area contributed by atoms with Crippen molar-refractivity contribution in [3.8, 4) is 0 Å². The minimum Gasteiger partial charge on any atom is -0.333 e. The second-order valence-corrected chi connectivity index (χ2v) is 6.89. The van der Waals surface area contributed by atoms with Crippen LogP contribution < -0.4 is 5.32 Å². The molecule has 0 saturated carbocycles. The number of thioether (sulfide) groups is 1. The number of para-hydroxylation sites is 2. The first-order chi connectivity index (χ1) is 11.9. The molecule has 1 amide bonds. The summed E-state index contributed by atoms with van der Waals surface area (Å²) in [6, 6.07) is 12.0. The van der Waals surface area contributed by atoms with E-state index in [-0.39, 0.29) is 11.6 Å². The number of aromatic amines is 1. The van der Waals surface area contributed by atoms with Gasteiger partial charge < -0.3 is 10.3 Å². The van der Waals surface area contributed by atoms with Gasteiger partial charge in [0.15, 0.2) is 5.16 Å². The van der Waals surface area contributed by atoms with Crippen LogP contribution in [0.1, 0.15) is 12.5 Å². The van der Waals surface area contributed by atoms with E-state index in [1.165, 1.54) is 23.9 Å². The molecule has 2 N–H and O–H groups in total. The third-order valence-corrected chi connectivity index (χ3v) is 4.70. The van der Waals surface area contributed by atoms with Gasteiger partial charge in [-0.1, -0.05) is 30.0 Å². The standard InChI is InChI=1S/C17H16N4O3S/c1-10-7-8-12(21(23)24)9-15(10)18-16(22)11(2)25-17-19-13-5-3-4-6-14(13)20-17/h3-9,11H,1-2H3,(H,18,22)(H,19,20). The number of hydrogen-bond acceptors (Lipinski definition) is 5. The van der Waals surface area contributed by atoms with Crippen molar-refractivity contribution in [3.63, 3.8) is 0 Å². The summed E-state index contributed by atoms with van der Waals surface area (Å²) in [7, 11) is 0. The molecule has 0 radical (unpaired) electrons. The molecule has 1 aromatic heterocycles. The van der Waals surface area contributed by atoms with Crippen LogP contribution in [0, 0.1) is 17.0 Å². The number of anilines is 1. The fourth-order valence-electron chi connectivity index (χ4n) is 2.30. The number of carbonyl (C=O) groups excluding carboxylic acids is 1. The van der Waals surface area contributed by atoms with Crippen molar-refractivity contribution < 1.29 is 9.72 Å². The summed E-state index contributed by atoms with van der Waals surface area (Å²) >= 11 is 1.30. The number of nitrogens with one attached hydrogen (secondary N) is 2. The molecule has 0 aliphatic carbocycles. The lowest BCUT2D eigenvalue weighted by atomic mass is 10.2. The molecule has 3 aromatic rings. The lowest BCUT2D eigenvalue weighted by molar-refractivity contribution is -0.384. The predicted octanol–water partition coefficient (Wildman–Crippen LogP) is 3.90. The van der Waals surface area contributed by atoms with Crippen LogP contribution in [-0.2, 0) is 4.79 Å². The minimum absolute atomic E-state index is 0.0570. The highest BCUT2D eigenvalue weighted by atomic mass is 32.2. The van der Waals surface area contributed by atoms with E-state index in [1.807, 2.05) is 24.3 Å². The van der Waals surface area contributed by atoms with Crippen LogP contribution in [0.3, 0.4) is 0 Å². The van der Waals surface area contributed by atoms with E-state index < -0.39 is 10.2 Å². The number of hydrogen-bond donors (Lipinski definition) is 2. The zero-order valence-corrected chi connectivity index (χ0v) is 14.5. The van der Waals surface area contributed by atoms with Crippen molar-refractivity contribution in [2.45, 2.75) is 24.3 Å². The number of rotatable bonds is 5. The fraction of sp³-hybridized carbons (Fsp3) is 0.176. The molecule has 8 heteroatoms. The van der Waals surface area contributed by atoms with Gasteiger partial charge in [0.05, 0.1) is 26.9 Å². The fourth-order valence-corrected chi connectivity index (χ4v) is 3.12. The molecule has 7 nitrogen and oxygen atoms in total. The molecule has 1 heterocycles. The van der Waals surface area contributed by atoms with Gasteiger partial charge in [-0.15, -0.1) is 0 Å². The van der Waals surface area contributed by atoms with Gasteiger partial charge in [-0.3, -0.25) is 14.9 Å². The Kier molecular flexibility index (Phi) is 4.71. The maximum atomic E-state index is 12.4. The van der Waals surface area contributed by atoms with Crippen molar-refractivity contribution in [1.82, 2.24) is 9.97 Å². The van der Waals surface area contributed by atoms with Gasteiger partial charge in [0, 0.05) is 12.1 Å². The van der Waals surface area contributed by atoms with Crippen molar-refractivity contribution in [3.05, 3.63) is 58.1 Å². The van der Waals surface area contributed by atoms with Crippen LogP contribution in [0.15, 0.2) is 47.6 Å². The van der Waals surface area contributed by atoms with E-state index in [2.05, 4.69) is 15.3 Å². The molecule has 2 aromatic carbocycles. The van der Waals surface area contributed by atoms with Gasteiger partial charge in [0.25, 0.3) is 5.69 Å². The van der Waals surface area contributed by atoms with Crippen molar-refractivity contribution in [2.24, 2.45) is 0 Å². The number of aromatic nitrogens is 2. The number of fused-ring (bicyclic) bond motifs is 1. The van der Waals surface area contributed by atoms with Crippen molar-refractivity contribution in [2.75, 3.05) is 5.32 Å². The largest absolute Gasteiger partial charge is 0.333 e. The number of aryl methyl sites for hydroxylation is 1.